The number of nitro benzene ring substituents is 1. The maximum absolute atomic E-state index is 11.2. The Morgan fingerprint density at radius 1 is 1.40 bits per heavy atom. The molecule has 1 aromatic carbocycles. The molecule has 0 spiro atoms. The Hall–Kier alpha value is -1.65. The van der Waals surface area contributed by atoms with Gasteiger partial charge >= 0.3 is 5.97 Å². The quantitative estimate of drug-likeness (QED) is 0.507. The topological polar surface area (TPSA) is 106 Å². The van der Waals surface area contributed by atoms with E-state index in [-0.39, 0.29) is 11.3 Å². The van der Waals surface area contributed by atoms with Crippen molar-refractivity contribution in [3.63, 3.8) is 0 Å². The summed E-state index contributed by atoms with van der Waals surface area (Å²) < 4.78 is 1.36. The summed E-state index contributed by atoms with van der Waals surface area (Å²) in [5.74, 6) is -1.22. The van der Waals surface area contributed by atoms with Crippen molar-refractivity contribution in [2.45, 2.75) is 13.6 Å². The number of rotatable bonds is 5. The fraction of sp³-hybridized carbons (Fsp3) is 0.100. The molecule has 0 unspecified atom stereocenters. The molecule has 1 aromatic heterocycles. The lowest BCUT2D eigenvalue weighted by molar-refractivity contribution is -0.384. The van der Waals surface area contributed by atoms with Crippen LogP contribution in [0.1, 0.15) is 10.4 Å². The number of carbonyl (C=O) groups is 1. The zero-order valence-electron chi connectivity index (χ0n) is 9.97. The van der Waals surface area contributed by atoms with E-state index in [0.29, 0.717) is 9.24 Å². The highest BCUT2D eigenvalue weighted by Crippen LogP contribution is 2.35. The Morgan fingerprint density at radius 3 is 2.65 bits per heavy atom. The Labute approximate surface area is 125 Å². The van der Waals surface area contributed by atoms with Crippen molar-refractivity contribution in [2.75, 3.05) is 6.26 Å². The van der Waals surface area contributed by atoms with Crippen LogP contribution in [0.3, 0.4) is 0 Å². The fourth-order valence-corrected chi connectivity index (χ4v) is 3.80. The molecule has 0 saturated heterocycles. The van der Waals surface area contributed by atoms with Gasteiger partial charge in [-0.25, -0.2) is 4.79 Å². The van der Waals surface area contributed by atoms with E-state index in [0.717, 1.165) is 22.2 Å². The second-order valence-electron chi connectivity index (χ2n) is 3.38. The molecule has 0 amide bonds. The minimum absolute atomic E-state index is 0.120. The van der Waals surface area contributed by atoms with Crippen molar-refractivity contribution in [1.82, 2.24) is 10.2 Å². The van der Waals surface area contributed by atoms with Crippen molar-refractivity contribution in [3.8, 4) is 0 Å². The van der Waals surface area contributed by atoms with Crippen LogP contribution >= 0.6 is 34.9 Å². The molecule has 10 heteroatoms. The van der Waals surface area contributed by atoms with Gasteiger partial charge in [-0.05, 0) is 12.3 Å². The zero-order chi connectivity index (χ0) is 14.7. The van der Waals surface area contributed by atoms with E-state index in [9.17, 15) is 14.9 Å². The highest BCUT2D eigenvalue weighted by molar-refractivity contribution is 8.03. The third-order valence-electron chi connectivity index (χ3n) is 2.16. The molecule has 0 bridgehead atoms. The summed E-state index contributed by atoms with van der Waals surface area (Å²) in [7, 11) is 0. The molecular formula is C10H7N3O4S3. The molecule has 0 saturated carbocycles. The molecule has 0 fully saturated rings. The summed E-state index contributed by atoms with van der Waals surface area (Å²) in [6.07, 6.45) is 1.86. The maximum Gasteiger partial charge on any atom is 0.337 e. The summed E-state index contributed by atoms with van der Waals surface area (Å²) >= 11 is 3.91. The van der Waals surface area contributed by atoms with Gasteiger partial charge in [0.2, 0.25) is 0 Å². The van der Waals surface area contributed by atoms with E-state index in [1.807, 2.05) is 6.26 Å². The van der Waals surface area contributed by atoms with Crippen molar-refractivity contribution in [1.29, 1.82) is 0 Å². The average Bonchev–Trinajstić information content (AvgIpc) is 2.86. The Balaban J connectivity index is 2.35. The molecule has 0 atom stereocenters. The lowest BCUT2D eigenvalue weighted by atomic mass is 10.2. The molecule has 104 valence electrons. The zero-order valence-corrected chi connectivity index (χ0v) is 12.4. The highest BCUT2D eigenvalue weighted by Gasteiger charge is 2.18. The van der Waals surface area contributed by atoms with Gasteiger partial charge in [0.05, 0.1) is 10.5 Å². The first kappa shape index (κ1) is 14.8. The monoisotopic (exact) mass is 329 g/mol. The normalized spacial score (nSPS) is 10.4. The van der Waals surface area contributed by atoms with Crippen molar-refractivity contribution < 1.29 is 14.8 Å². The third kappa shape index (κ3) is 3.26. The Morgan fingerprint density at radius 2 is 2.10 bits per heavy atom. The predicted molar refractivity (Wildman–Crippen MR) is 75.9 cm³/mol. The number of carboxylic acids is 1. The van der Waals surface area contributed by atoms with E-state index < -0.39 is 10.9 Å². The van der Waals surface area contributed by atoms with Crippen molar-refractivity contribution in [2.24, 2.45) is 0 Å². The molecular weight excluding hydrogens is 322 g/mol. The van der Waals surface area contributed by atoms with Crippen molar-refractivity contribution >= 4 is 46.5 Å². The van der Waals surface area contributed by atoms with Gasteiger partial charge in [-0.2, -0.15) is 0 Å². The van der Waals surface area contributed by atoms with Gasteiger partial charge in [0.25, 0.3) is 5.69 Å². The van der Waals surface area contributed by atoms with Gasteiger partial charge < -0.3 is 5.11 Å². The van der Waals surface area contributed by atoms with Crippen LogP contribution in [0.2, 0.25) is 0 Å². The van der Waals surface area contributed by atoms with E-state index in [2.05, 4.69) is 10.2 Å². The summed E-state index contributed by atoms with van der Waals surface area (Å²) in [5.41, 5.74) is -0.376. The SMILES string of the molecule is CSc1nnc(Sc2ccc([N+](=O)[O-])cc2C(=O)O)s1. The van der Waals surface area contributed by atoms with Crippen molar-refractivity contribution in [3.05, 3.63) is 33.9 Å². The number of benzene rings is 1. The van der Waals surface area contributed by atoms with Gasteiger partial charge in [-0.15, -0.1) is 10.2 Å². The molecule has 0 radical (unpaired) electrons. The highest BCUT2D eigenvalue weighted by atomic mass is 32.2. The minimum atomic E-state index is -1.22. The number of thioether (sulfide) groups is 1. The Bertz CT molecular complexity index is 674. The fourth-order valence-electron chi connectivity index (χ4n) is 1.30. The van der Waals surface area contributed by atoms with Crippen LogP contribution in [-0.2, 0) is 0 Å². The number of hydrogen-bond donors (Lipinski definition) is 1. The summed E-state index contributed by atoms with van der Waals surface area (Å²) in [5, 5.41) is 27.6. The number of nitro groups is 1. The summed E-state index contributed by atoms with van der Waals surface area (Å²) in [6, 6.07) is 3.72. The second kappa shape index (κ2) is 6.20. The van der Waals surface area contributed by atoms with E-state index in [4.69, 9.17) is 5.11 Å². The first-order valence-corrected chi connectivity index (χ1v) is 7.94. The van der Waals surface area contributed by atoms with Crippen LogP contribution < -0.4 is 0 Å². The third-order valence-corrected chi connectivity index (χ3v) is 5.19. The molecule has 7 nitrogen and oxygen atoms in total. The maximum atomic E-state index is 11.2. The largest absolute Gasteiger partial charge is 0.478 e. The van der Waals surface area contributed by atoms with Crippen LogP contribution in [-0.4, -0.2) is 32.5 Å². The molecule has 0 aliphatic carbocycles. The van der Waals surface area contributed by atoms with E-state index in [1.165, 1.54) is 35.2 Å². The number of aromatic carboxylic acids is 1. The van der Waals surface area contributed by atoms with Crippen LogP contribution in [0, 0.1) is 10.1 Å². The molecule has 1 heterocycles. The molecule has 20 heavy (non-hydrogen) atoms. The van der Waals surface area contributed by atoms with Crippen LogP contribution in [0.4, 0.5) is 5.69 Å². The molecule has 0 aliphatic heterocycles. The smallest absolute Gasteiger partial charge is 0.337 e. The molecule has 1 N–H and O–H groups in total. The van der Waals surface area contributed by atoms with Gasteiger partial charge in [0.15, 0.2) is 8.68 Å². The van der Waals surface area contributed by atoms with E-state index >= 15 is 0 Å². The van der Waals surface area contributed by atoms with Gasteiger partial charge in [0, 0.05) is 17.0 Å². The van der Waals surface area contributed by atoms with Crippen LogP contribution in [0.15, 0.2) is 31.8 Å². The standard InChI is InChI=1S/C10H7N3O4S3/c1-18-9-11-12-10(20-9)19-7-3-2-5(13(16)17)4-6(7)8(14)15/h2-4H,1H3,(H,14,15). The number of non-ortho nitro benzene ring substituents is 1. The molecule has 2 aromatic rings. The summed E-state index contributed by atoms with van der Waals surface area (Å²) in [6.45, 7) is 0. The Kier molecular flexibility index (Phi) is 4.57. The first-order chi connectivity index (χ1) is 9.51. The van der Waals surface area contributed by atoms with Gasteiger partial charge in [-0.3, -0.25) is 10.1 Å². The van der Waals surface area contributed by atoms with Gasteiger partial charge in [-0.1, -0.05) is 34.9 Å². The van der Waals surface area contributed by atoms with E-state index in [1.54, 1.807) is 0 Å². The lowest BCUT2D eigenvalue weighted by Crippen LogP contribution is -2.00. The van der Waals surface area contributed by atoms with Gasteiger partial charge in [0.1, 0.15) is 0 Å². The number of hydrogen-bond acceptors (Lipinski definition) is 8. The average molecular weight is 329 g/mol. The number of aromatic nitrogens is 2. The lowest BCUT2D eigenvalue weighted by Gasteiger charge is -2.02. The molecule has 0 aliphatic rings. The molecule has 2 rings (SSSR count). The minimum Gasteiger partial charge on any atom is -0.478 e. The number of carboxylic acid groups (broad SMARTS) is 1. The second-order valence-corrected chi connectivity index (χ2v) is 6.70. The predicted octanol–water partition coefficient (Wildman–Crippen LogP) is 3.02. The van der Waals surface area contributed by atoms with Crippen LogP contribution in [0.25, 0.3) is 0 Å². The van der Waals surface area contributed by atoms with Crippen LogP contribution in [0.5, 0.6) is 0 Å². The first-order valence-electron chi connectivity index (χ1n) is 5.08. The summed E-state index contributed by atoms with van der Waals surface area (Å²) in [4.78, 5) is 21.6. The number of nitrogens with zero attached hydrogens (tertiary/aromatic N) is 3.